The van der Waals surface area contributed by atoms with Crippen molar-refractivity contribution in [3.8, 4) is 0 Å². The summed E-state index contributed by atoms with van der Waals surface area (Å²) in [5, 5.41) is 8.39. The van der Waals surface area contributed by atoms with Gasteiger partial charge in [0.2, 0.25) is 0 Å². The van der Waals surface area contributed by atoms with E-state index in [4.69, 9.17) is 10.1 Å². The molecule has 1 aromatic rings. The summed E-state index contributed by atoms with van der Waals surface area (Å²) in [4.78, 5) is 18.3. The number of nitrogens with zero attached hydrogens (tertiary/aromatic N) is 3. The smallest absolute Gasteiger partial charge is 0.410 e. The summed E-state index contributed by atoms with van der Waals surface area (Å²) in [5.74, 6) is 0.863. The van der Waals surface area contributed by atoms with Gasteiger partial charge < -0.3 is 9.64 Å². The summed E-state index contributed by atoms with van der Waals surface area (Å²) >= 11 is 4.82. The number of halogens is 1. The Hall–Kier alpha value is -1.28. The van der Waals surface area contributed by atoms with Crippen molar-refractivity contribution in [1.29, 1.82) is 5.41 Å². The number of piperidine rings is 1. The Balaban J connectivity index is 2.06. The van der Waals surface area contributed by atoms with E-state index in [-0.39, 0.29) is 12.0 Å². The molecule has 0 aromatic carbocycles. The minimum absolute atomic E-state index is 0.251. The molecule has 1 saturated heterocycles. The second-order valence-electron chi connectivity index (χ2n) is 6.98. The highest BCUT2D eigenvalue weighted by Crippen LogP contribution is 2.22. The first kappa shape index (κ1) is 20.0. The van der Waals surface area contributed by atoms with E-state index in [0.717, 1.165) is 24.0 Å². The third-order valence-electron chi connectivity index (χ3n) is 3.78. The molecule has 138 valence electrons. The van der Waals surface area contributed by atoms with Gasteiger partial charge in [0.1, 0.15) is 15.2 Å². The van der Waals surface area contributed by atoms with E-state index in [2.05, 4.69) is 27.0 Å². The van der Waals surface area contributed by atoms with E-state index in [1.54, 1.807) is 11.1 Å². The van der Waals surface area contributed by atoms with Gasteiger partial charge in [0.05, 0.1) is 6.20 Å². The normalized spacial score (nSPS) is 18.6. The Morgan fingerprint density at radius 3 is 2.88 bits per heavy atom. The molecule has 0 bridgehead atoms. The Morgan fingerprint density at radius 1 is 1.52 bits per heavy atom. The summed E-state index contributed by atoms with van der Waals surface area (Å²) in [6.45, 7) is 7.02. The van der Waals surface area contributed by atoms with E-state index < -0.39 is 5.60 Å². The molecule has 1 atom stereocenters. The van der Waals surface area contributed by atoms with Gasteiger partial charge in [-0.25, -0.2) is 9.78 Å². The second-order valence-corrected chi connectivity index (χ2v) is 8.61. The minimum atomic E-state index is -0.478. The average Bonchev–Trinajstić information content (AvgIpc) is 2.91. The number of nitrogens with one attached hydrogen (secondary N) is 1. The highest BCUT2D eigenvalue weighted by atomic mass is 79.9. The fourth-order valence-corrected chi connectivity index (χ4v) is 3.33. The first-order valence-corrected chi connectivity index (χ1v) is 10.2. The molecule has 2 heterocycles. The van der Waals surface area contributed by atoms with Crippen LogP contribution in [0, 0.1) is 11.3 Å². The SMILES string of the molecule is CSC(=N)c1ncc(Br)n1/C=C/C1CCCN(C(=O)OC(C)(C)C)C1. The molecule has 1 amide bonds. The van der Waals surface area contributed by atoms with Crippen LogP contribution < -0.4 is 0 Å². The van der Waals surface area contributed by atoms with Crippen LogP contribution >= 0.6 is 27.7 Å². The molecule has 1 aliphatic rings. The predicted molar refractivity (Wildman–Crippen MR) is 106 cm³/mol. The Bertz CT molecular complexity index is 666. The summed E-state index contributed by atoms with van der Waals surface area (Å²) in [5.41, 5.74) is -0.478. The van der Waals surface area contributed by atoms with E-state index in [9.17, 15) is 4.79 Å². The number of carbonyl (C=O) groups excluding carboxylic acids is 1. The Morgan fingerprint density at radius 2 is 2.24 bits per heavy atom. The number of amides is 1. The standard InChI is InChI=1S/C17H25BrN4O2S/c1-17(2,3)24-16(23)21-8-5-6-12(11-21)7-9-22-13(18)10-20-15(22)14(19)25-4/h7,9-10,12,19H,5-6,8,11H2,1-4H3/b9-7+,19-14?. The molecule has 0 aliphatic carbocycles. The molecular weight excluding hydrogens is 404 g/mol. The van der Waals surface area contributed by atoms with E-state index in [0.29, 0.717) is 17.4 Å². The lowest BCUT2D eigenvalue weighted by molar-refractivity contribution is 0.0187. The van der Waals surface area contributed by atoms with E-state index >= 15 is 0 Å². The minimum Gasteiger partial charge on any atom is -0.444 e. The number of hydrogen-bond acceptors (Lipinski definition) is 5. The molecule has 1 aliphatic heterocycles. The zero-order valence-electron chi connectivity index (χ0n) is 15.1. The Kier molecular flexibility index (Phi) is 6.73. The Labute approximate surface area is 161 Å². The second kappa shape index (κ2) is 8.40. The first-order valence-electron chi connectivity index (χ1n) is 8.23. The zero-order chi connectivity index (χ0) is 18.6. The van der Waals surface area contributed by atoms with Gasteiger partial charge in [-0.15, -0.1) is 11.8 Å². The van der Waals surface area contributed by atoms with Crippen molar-refractivity contribution in [3.05, 3.63) is 22.7 Å². The van der Waals surface area contributed by atoms with E-state index in [1.165, 1.54) is 11.8 Å². The molecular formula is C17H25BrN4O2S. The highest BCUT2D eigenvalue weighted by molar-refractivity contribution is 9.10. The lowest BCUT2D eigenvalue weighted by Crippen LogP contribution is -2.42. The highest BCUT2D eigenvalue weighted by Gasteiger charge is 2.26. The van der Waals surface area contributed by atoms with Crippen molar-refractivity contribution in [1.82, 2.24) is 14.5 Å². The number of imidazole rings is 1. The molecule has 0 radical (unpaired) electrons. The summed E-state index contributed by atoms with van der Waals surface area (Å²) < 4.78 is 8.12. The molecule has 1 N–H and O–H groups in total. The van der Waals surface area contributed by atoms with E-state index in [1.807, 2.05) is 37.8 Å². The number of likely N-dealkylation sites (tertiary alicyclic amines) is 1. The zero-order valence-corrected chi connectivity index (χ0v) is 17.5. The maximum Gasteiger partial charge on any atom is 0.410 e. The van der Waals surface area contributed by atoms with Crippen molar-refractivity contribution in [3.63, 3.8) is 0 Å². The number of rotatable bonds is 3. The lowest BCUT2D eigenvalue weighted by atomic mass is 9.98. The van der Waals surface area contributed by atoms with Crippen LogP contribution in [-0.4, -0.2) is 50.5 Å². The van der Waals surface area contributed by atoms with Crippen molar-refractivity contribution in [2.75, 3.05) is 19.3 Å². The van der Waals surface area contributed by atoms with Gasteiger partial charge in [-0.1, -0.05) is 6.08 Å². The van der Waals surface area contributed by atoms with Crippen LogP contribution in [0.2, 0.25) is 0 Å². The van der Waals surface area contributed by atoms with Gasteiger partial charge in [0.15, 0.2) is 5.82 Å². The van der Waals surface area contributed by atoms with Gasteiger partial charge in [0.25, 0.3) is 0 Å². The van der Waals surface area contributed by atoms with Gasteiger partial charge in [-0.2, -0.15) is 0 Å². The number of aromatic nitrogens is 2. The van der Waals surface area contributed by atoms with Crippen LogP contribution in [0.1, 0.15) is 39.4 Å². The van der Waals surface area contributed by atoms with Crippen molar-refractivity contribution in [2.45, 2.75) is 39.2 Å². The quantitative estimate of drug-likeness (QED) is 0.569. The third-order valence-corrected chi connectivity index (χ3v) is 4.95. The van der Waals surface area contributed by atoms with Gasteiger partial charge in [0, 0.05) is 19.3 Å². The molecule has 0 spiro atoms. The van der Waals surface area contributed by atoms with Gasteiger partial charge >= 0.3 is 6.09 Å². The first-order chi connectivity index (χ1) is 11.7. The average molecular weight is 429 g/mol. The van der Waals surface area contributed by atoms with Crippen molar-refractivity contribution >= 4 is 45.0 Å². The molecule has 6 nitrogen and oxygen atoms in total. The van der Waals surface area contributed by atoms with Crippen LogP contribution in [0.4, 0.5) is 4.79 Å². The van der Waals surface area contributed by atoms with Crippen LogP contribution in [0.3, 0.4) is 0 Å². The molecule has 25 heavy (non-hydrogen) atoms. The lowest BCUT2D eigenvalue weighted by Gasteiger charge is -2.33. The van der Waals surface area contributed by atoms with Crippen LogP contribution in [0.5, 0.6) is 0 Å². The maximum absolute atomic E-state index is 12.3. The summed E-state index contributed by atoms with van der Waals surface area (Å²) in [7, 11) is 0. The predicted octanol–water partition coefficient (Wildman–Crippen LogP) is 4.45. The fraction of sp³-hybridized carbons (Fsp3) is 0.588. The summed E-state index contributed by atoms with van der Waals surface area (Å²) in [6, 6.07) is 0. The molecule has 1 fully saturated rings. The summed E-state index contributed by atoms with van der Waals surface area (Å²) in [6.07, 6.45) is 9.29. The van der Waals surface area contributed by atoms with Crippen molar-refractivity contribution < 1.29 is 9.53 Å². The monoisotopic (exact) mass is 428 g/mol. The number of carbonyl (C=O) groups is 1. The molecule has 2 rings (SSSR count). The van der Waals surface area contributed by atoms with Crippen molar-refractivity contribution in [2.24, 2.45) is 5.92 Å². The number of ether oxygens (including phenoxy) is 1. The maximum atomic E-state index is 12.3. The van der Waals surface area contributed by atoms with Crippen LogP contribution in [0.25, 0.3) is 6.20 Å². The number of hydrogen-bond donors (Lipinski definition) is 1. The van der Waals surface area contributed by atoms with Gasteiger partial charge in [-0.05, 0) is 61.7 Å². The topological polar surface area (TPSA) is 71.2 Å². The number of thioether (sulfide) groups is 1. The van der Waals surface area contributed by atoms with Crippen LogP contribution in [-0.2, 0) is 4.74 Å². The largest absolute Gasteiger partial charge is 0.444 e. The molecule has 8 heteroatoms. The third kappa shape index (κ3) is 5.60. The molecule has 1 unspecified atom stereocenters. The van der Waals surface area contributed by atoms with Gasteiger partial charge in [-0.3, -0.25) is 9.98 Å². The van der Waals surface area contributed by atoms with Crippen LogP contribution in [0.15, 0.2) is 16.9 Å². The molecule has 0 saturated carbocycles. The molecule has 1 aromatic heterocycles. The fourth-order valence-electron chi connectivity index (χ4n) is 2.61.